The van der Waals surface area contributed by atoms with Crippen LogP contribution in [0.15, 0.2) is 18.2 Å². The molecule has 5 atom stereocenters. The first-order valence-electron chi connectivity index (χ1n) is 5.93. The maximum atomic E-state index is 10.9. The summed E-state index contributed by atoms with van der Waals surface area (Å²) in [7, 11) is 0. The van der Waals surface area contributed by atoms with E-state index < -0.39 is 53.9 Å². The third kappa shape index (κ3) is 2.85. The Labute approximate surface area is 118 Å². The number of aliphatic carboxylic acids is 1. The number of aliphatic hydroxyl groups is 3. The lowest BCUT2D eigenvalue weighted by Crippen LogP contribution is -2.61. The van der Waals surface area contributed by atoms with Crippen molar-refractivity contribution in [1.29, 1.82) is 0 Å². The summed E-state index contributed by atoms with van der Waals surface area (Å²) in [5, 5.41) is 56.8. The Morgan fingerprint density at radius 3 is 2.14 bits per heavy atom. The molecule has 0 aliphatic carbocycles. The third-order valence-corrected chi connectivity index (χ3v) is 3.02. The smallest absolute Gasteiger partial charge is 0.335 e. The Balaban J connectivity index is 2.24. The van der Waals surface area contributed by atoms with Crippen LogP contribution < -0.4 is 4.74 Å². The molecule has 116 valence electrons. The van der Waals surface area contributed by atoms with Crippen molar-refractivity contribution in [3.8, 4) is 17.2 Å². The topological polar surface area (TPSA) is 157 Å². The first-order chi connectivity index (χ1) is 9.82. The zero-order valence-electron chi connectivity index (χ0n) is 10.5. The maximum absolute atomic E-state index is 10.9. The average Bonchev–Trinajstić information content (AvgIpc) is 2.42. The molecule has 21 heavy (non-hydrogen) atoms. The van der Waals surface area contributed by atoms with Crippen molar-refractivity contribution < 1.29 is 44.9 Å². The van der Waals surface area contributed by atoms with Crippen LogP contribution in [0.25, 0.3) is 0 Å². The largest absolute Gasteiger partial charge is 0.504 e. The molecule has 0 amide bonds. The van der Waals surface area contributed by atoms with Gasteiger partial charge in [0.25, 0.3) is 0 Å². The summed E-state index contributed by atoms with van der Waals surface area (Å²) in [5.41, 5.74) is 0. The monoisotopic (exact) mass is 302 g/mol. The number of phenolic OH excluding ortho intramolecular Hbond substituents is 2. The van der Waals surface area contributed by atoms with E-state index in [0.29, 0.717) is 0 Å². The normalized spacial score (nSPS) is 32.6. The molecule has 0 saturated carbocycles. The standard InChI is InChI=1S/C12H14O9/c13-4-2-1-3-5(14)9(4)20-12-8(17)6(15)7(16)10(21-12)11(18)19/h1-3,6-8,10,12-17H,(H,18,19)/t6-,7-,8+,10-,12+/m0/s1. The number of carboxylic acid groups (broad SMARTS) is 1. The average molecular weight is 302 g/mol. The summed E-state index contributed by atoms with van der Waals surface area (Å²) >= 11 is 0. The van der Waals surface area contributed by atoms with Gasteiger partial charge < -0.3 is 40.1 Å². The molecule has 1 aliphatic rings. The first kappa shape index (κ1) is 15.3. The number of aliphatic hydroxyl groups excluding tert-OH is 3. The van der Waals surface area contributed by atoms with Crippen LogP contribution in [-0.2, 0) is 9.53 Å². The van der Waals surface area contributed by atoms with E-state index in [1.807, 2.05) is 0 Å². The van der Waals surface area contributed by atoms with Gasteiger partial charge in [0.05, 0.1) is 0 Å². The number of hydrogen-bond donors (Lipinski definition) is 6. The molecule has 9 heteroatoms. The summed E-state index contributed by atoms with van der Waals surface area (Å²) in [6, 6.07) is 3.70. The number of phenols is 2. The molecule has 0 radical (unpaired) electrons. The Kier molecular flexibility index (Phi) is 4.19. The molecule has 9 nitrogen and oxygen atoms in total. The van der Waals surface area contributed by atoms with Gasteiger partial charge in [0.15, 0.2) is 17.6 Å². The van der Waals surface area contributed by atoms with Crippen molar-refractivity contribution in [2.45, 2.75) is 30.7 Å². The van der Waals surface area contributed by atoms with Gasteiger partial charge in [0, 0.05) is 0 Å². The second-order valence-corrected chi connectivity index (χ2v) is 4.48. The van der Waals surface area contributed by atoms with Crippen molar-refractivity contribution in [3.63, 3.8) is 0 Å². The van der Waals surface area contributed by atoms with E-state index in [-0.39, 0.29) is 0 Å². The second kappa shape index (κ2) is 5.74. The van der Waals surface area contributed by atoms with Gasteiger partial charge in [0.2, 0.25) is 12.0 Å². The van der Waals surface area contributed by atoms with Gasteiger partial charge in [-0.3, -0.25) is 0 Å². The van der Waals surface area contributed by atoms with Crippen LogP contribution in [0, 0.1) is 0 Å². The molecule has 0 unspecified atom stereocenters. The lowest BCUT2D eigenvalue weighted by Gasteiger charge is -2.38. The van der Waals surface area contributed by atoms with Crippen molar-refractivity contribution in [2.24, 2.45) is 0 Å². The number of carbonyl (C=O) groups is 1. The minimum Gasteiger partial charge on any atom is -0.504 e. The molecule has 1 aromatic carbocycles. The predicted molar refractivity (Wildman–Crippen MR) is 64.7 cm³/mol. The highest BCUT2D eigenvalue weighted by atomic mass is 16.7. The van der Waals surface area contributed by atoms with Gasteiger partial charge in [-0.25, -0.2) is 4.79 Å². The van der Waals surface area contributed by atoms with Gasteiger partial charge in [-0.15, -0.1) is 0 Å². The van der Waals surface area contributed by atoms with Gasteiger partial charge >= 0.3 is 5.97 Å². The van der Waals surface area contributed by atoms with Crippen LogP contribution in [0.5, 0.6) is 17.2 Å². The summed E-state index contributed by atoms with van der Waals surface area (Å²) in [6.07, 6.45) is -9.01. The zero-order chi connectivity index (χ0) is 15.7. The summed E-state index contributed by atoms with van der Waals surface area (Å²) in [6.45, 7) is 0. The number of hydrogen-bond acceptors (Lipinski definition) is 8. The Bertz CT molecular complexity index is 511. The highest BCUT2D eigenvalue weighted by Gasteiger charge is 2.48. The molecular weight excluding hydrogens is 288 g/mol. The molecule has 1 aromatic rings. The Morgan fingerprint density at radius 1 is 1.05 bits per heavy atom. The quantitative estimate of drug-likeness (QED) is 0.385. The van der Waals surface area contributed by atoms with Gasteiger partial charge in [-0.1, -0.05) is 6.07 Å². The number of benzene rings is 1. The van der Waals surface area contributed by atoms with Gasteiger partial charge in [-0.05, 0) is 12.1 Å². The Morgan fingerprint density at radius 2 is 1.62 bits per heavy atom. The van der Waals surface area contributed by atoms with E-state index in [0.717, 1.165) is 0 Å². The van der Waals surface area contributed by atoms with Crippen LogP contribution in [-0.4, -0.2) is 67.3 Å². The molecule has 1 aliphatic heterocycles. The molecule has 2 rings (SSSR count). The minimum absolute atomic E-state index is 0.450. The molecule has 1 saturated heterocycles. The fourth-order valence-corrected chi connectivity index (χ4v) is 1.90. The van der Waals surface area contributed by atoms with E-state index in [1.165, 1.54) is 18.2 Å². The van der Waals surface area contributed by atoms with Crippen LogP contribution in [0.3, 0.4) is 0 Å². The van der Waals surface area contributed by atoms with Gasteiger partial charge in [0.1, 0.15) is 18.3 Å². The van der Waals surface area contributed by atoms with E-state index in [1.54, 1.807) is 0 Å². The number of para-hydroxylation sites is 1. The highest BCUT2D eigenvalue weighted by Crippen LogP contribution is 2.37. The zero-order valence-corrected chi connectivity index (χ0v) is 10.5. The minimum atomic E-state index is -1.85. The van der Waals surface area contributed by atoms with Crippen LogP contribution in [0.2, 0.25) is 0 Å². The van der Waals surface area contributed by atoms with Crippen LogP contribution >= 0.6 is 0 Å². The predicted octanol–water partition coefficient (Wildman–Crippen LogP) is -1.63. The van der Waals surface area contributed by atoms with Crippen molar-refractivity contribution in [3.05, 3.63) is 18.2 Å². The molecule has 1 fully saturated rings. The Hall–Kier alpha value is -2.07. The van der Waals surface area contributed by atoms with Gasteiger partial charge in [-0.2, -0.15) is 0 Å². The maximum Gasteiger partial charge on any atom is 0.335 e. The first-order valence-corrected chi connectivity index (χ1v) is 5.93. The van der Waals surface area contributed by atoms with Crippen molar-refractivity contribution in [1.82, 2.24) is 0 Å². The second-order valence-electron chi connectivity index (χ2n) is 4.48. The molecule has 1 heterocycles. The number of ether oxygens (including phenoxy) is 2. The summed E-state index contributed by atoms with van der Waals surface area (Å²) in [5.74, 6) is -2.96. The lowest BCUT2D eigenvalue weighted by atomic mass is 9.99. The van der Waals surface area contributed by atoms with E-state index >= 15 is 0 Å². The van der Waals surface area contributed by atoms with E-state index in [2.05, 4.69) is 0 Å². The van der Waals surface area contributed by atoms with Crippen molar-refractivity contribution in [2.75, 3.05) is 0 Å². The molecule has 0 aromatic heterocycles. The number of carboxylic acids is 1. The fraction of sp³-hybridized carbons (Fsp3) is 0.417. The van der Waals surface area contributed by atoms with Crippen LogP contribution in [0.4, 0.5) is 0 Å². The summed E-state index contributed by atoms with van der Waals surface area (Å²) in [4.78, 5) is 10.9. The number of aromatic hydroxyl groups is 2. The molecule has 0 bridgehead atoms. The van der Waals surface area contributed by atoms with E-state index in [9.17, 15) is 30.3 Å². The molecule has 6 N–H and O–H groups in total. The van der Waals surface area contributed by atoms with Crippen molar-refractivity contribution >= 4 is 5.97 Å². The van der Waals surface area contributed by atoms with E-state index in [4.69, 9.17) is 14.6 Å². The molecular formula is C12H14O9. The molecule has 0 spiro atoms. The number of rotatable bonds is 3. The van der Waals surface area contributed by atoms with Crippen LogP contribution in [0.1, 0.15) is 0 Å². The fourth-order valence-electron chi connectivity index (χ4n) is 1.90. The SMILES string of the molecule is O=C(O)[C@H]1O[C@@H](Oc2c(O)cccc2O)[C@H](O)[C@@H](O)[C@@H]1O. The highest BCUT2D eigenvalue weighted by molar-refractivity contribution is 5.73. The third-order valence-electron chi connectivity index (χ3n) is 3.02. The lowest BCUT2D eigenvalue weighted by molar-refractivity contribution is -0.271. The summed E-state index contributed by atoms with van der Waals surface area (Å²) < 4.78 is 9.87.